The summed E-state index contributed by atoms with van der Waals surface area (Å²) in [7, 11) is 2.85. The number of rotatable bonds is 10. The third kappa shape index (κ3) is 15.2. The predicted octanol–water partition coefficient (Wildman–Crippen LogP) is 8.05. The Morgan fingerprint density at radius 2 is 1.12 bits per heavy atom. The van der Waals surface area contributed by atoms with Gasteiger partial charge in [0.15, 0.2) is 0 Å². The van der Waals surface area contributed by atoms with E-state index in [1.165, 1.54) is 35.1 Å². The highest BCUT2D eigenvalue weighted by molar-refractivity contribution is 7.10. The number of aliphatic carboxylic acids is 3. The molecule has 0 saturated carbocycles. The van der Waals surface area contributed by atoms with Crippen molar-refractivity contribution < 1.29 is 48.8 Å². The lowest BCUT2D eigenvalue weighted by Crippen LogP contribution is -2.38. The number of alkyl halides is 3. The molecule has 320 valence electrons. The highest BCUT2D eigenvalue weighted by Crippen LogP contribution is 2.35. The van der Waals surface area contributed by atoms with Gasteiger partial charge in [-0.3, -0.25) is 19.4 Å². The van der Waals surface area contributed by atoms with Crippen molar-refractivity contribution in [2.24, 2.45) is 5.73 Å². The first-order valence-electron chi connectivity index (χ1n) is 17.6. The second-order valence-corrected chi connectivity index (χ2v) is 17.9. The number of ether oxygens (including phenoxy) is 2. The van der Waals surface area contributed by atoms with Gasteiger partial charge in [-0.2, -0.15) is 0 Å². The smallest absolute Gasteiger partial charge is 0.356 e. The van der Waals surface area contributed by atoms with Crippen molar-refractivity contribution in [1.82, 2.24) is 9.80 Å². The van der Waals surface area contributed by atoms with Gasteiger partial charge >= 0.3 is 29.8 Å². The summed E-state index contributed by atoms with van der Waals surface area (Å²) in [6.07, 6.45) is 1.70. The fraction of sp³-hybridized carbons (Fsp3) is 0.359. The molecule has 4 heterocycles. The third-order valence-electron chi connectivity index (χ3n) is 8.88. The maximum absolute atomic E-state index is 12.3. The van der Waals surface area contributed by atoms with Gasteiger partial charge in [0.2, 0.25) is 0 Å². The first-order chi connectivity index (χ1) is 27.9. The maximum atomic E-state index is 12.3. The third-order valence-corrected chi connectivity index (χ3v) is 12.1. The molecule has 0 saturated heterocycles. The number of methoxy groups -OCH3 is 2. The number of carboxylic acid groups (broad SMARTS) is 3. The summed E-state index contributed by atoms with van der Waals surface area (Å²) in [5.74, 6) is -4.18. The molecule has 0 amide bonds. The Balaban J connectivity index is 0.000000230. The molecule has 4 aromatic rings. The Labute approximate surface area is 374 Å². The van der Waals surface area contributed by atoms with Gasteiger partial charge in [-0.25, -0.2) is 14.4 Å². The van der Waals surface area contributed by atoms with Crippen LogP contribution in [-0.2, 0) is 59.4 Å². The number of carboxylic acids is 3. The first kappa shape index (κ1) is 49.9. The fourth-order valence-corrected chi connectivity index (χ4v) is 8.20. The minimum atomic E-state index is -2.17. The molecule has 0 aliphatic carbocycles. The molecular formula is C39H42Cl5N3O10S2. The van der Waals surface area contributed by atoms with E-state index < -0.39 is 39.8 Å². The Bertz CT molecular complexity index is 1930. The molecule has 0 fully saturated rings. The molecule has 1 unspecified atom stereocenters. The number of benzene rings is 2. The van der Waals surface area contributed by atoms with Gasteiger partial charge in [-0.05, 0) is 76.5 Å². The van der Waals surface area contributed by atoms with Crippen molar-refractivity contribution in [3.63, 3.8) is 0 Å². The number of thiophene rings is 2. The second kappa shape index (κ2) is 24.1. The average Bonchev–Trinajstić information content (AvgIpc) is 3.88. The molecule has 2 aliphatic rings. The van der Waals surface area contributed by atoms with E-state index >= 15 is 0 Å². The van der Waals surface area contributed by atoms with Crippen LogP contribution in [0.2, 0.25) is 10.0 Å². The number of esters is 2. The summed E-state index contributed by atoms with van der Waals surface area (Å²) >= 11 is 30.5. The van der Waals surface area contributed by atoms with Crippen LogP contribution in [0.5, 0.6) is 0 Å². The van der Waals surface area contributed by atoms with Crippen LogP contribution >= 0.6 is 80.7 Å². The number of nitrogens with zero attached hydrogens (tertiary/aromatic N) is 2. The SMILES string of the molecule is COC(=O)[C@H](c1ccccc1Cl)N1CCc2sccc2C1.COC(=O)[C@H](c1ccccc1Cl)N1CCc2sccc2C1.NC(CCC(=O)O)C(=O)O.O=C(O)C(Cl)(Cl)Cl. The van der Waals surface area contributed by atoms with Crippen molar-refractivity contribution in [1.29, 1.82) is 0 Å². The summed E-state index contributed by atoms with van der Waals surface area (Å²) < 4.78 is 7.85. The molecule has 2 aromatic carbocycles. The van der Waals surface area contributed by atoms with Crippen LogP contribution in [0, 0.1) is 0 Å². The molecular weight excluding hydrogens is 912 g/mol. The number of halogens is 5. The zero-order chi connectivity index (χ0) is 43.9. The van der Waals surface area contributed by atoms with E-state index in [4.69, 9.17) is 88.5 Å². The monoisotopic (exact) mass is 951 g/mol. The van der Waals surface area contributed by atoms with Crippen molar-refractivity contribution in [3.8, 4) is 0 Å². The fourth-order valence-electron chi connectivity index (χ4n) is 5.95. The highest BCUT2D eigenvalue weighted by Gasteiger charge is 2.34. The Kier molecular flexibility index (Phi) is 20.4. The average molecular weight is 954 g/mol. The molecule has 0 radical (unpaired) electrons. The first-order valence-corrected chi connectivity index (χ1v) is 21.3. The lowest BCUT2D eigenvalue weighted by molar-refractivity contribution is -0.148. The van der Waals surface area contributed by atoms with E-state index in [-0.39, 0.29) is 24.8 Å². The van der Waals surface area contributed by atoms with Crippen LogP contribution in [0.1, 0.15) is 56.9 Å². The van der Waals surface area contributed by atoms with Crippen molar-refractivity contribution in [2.75, 3.05) is 27.3 Å². The van der Waals surface area contributed by atoms with Crippen LogP contribution in [0.3, 0.4) is 0 Å². The van der Waals surface area contributed by atoms with Gasteiger partial charge in [-0.1, -0.05) is 94.4 Å². The number of carbonyl (C=O) groups is 5. The Morgan fingerprint density at radius 1 is 0.729 bits per heavy atom. The van der Waals surface area contributed by atoms with E-state index in [1.54, 1.807) is 22.7 Å². The second-order valence-electron chi connectivity index (χ2n) is 12.8. The van der Waals surface area contributed by atoms with Gasteiger partial charge < -0.3 is 30.5 Å². The summed E-state index contributed by atoms with van der Waals surface area (Å²) in [5.41, 5.74) is 9.22. The highest BCUT2D eigenvalue weighted by atomic mass is 35.6. The number of hydrogen-bond donors (Lipinski definition) is 4. The van der Waals surface area contributed by atoms with Crippen molar-refractivity contribution >= 4 is 111 Å². The molecule has 6 rings (SSSR count). The predicted molar refractivity (Wildman–Crippen MR) is 230 cm³/mol. The van der Waals surface area contributed by atoms with Crippen LogP contribution in [0.25, 0.3) is 0 Å². The number of carbonyl (C=O) groups excluding carboxylic acids is 2. The lowest BCUT2D eigenvalue weighted by atomic mass is 10.0. The number of fused-ring (bicyclic) bond motifs is 2. The van der Waals surface area contributed by atoms with Crippen LogP contribution in [0.15, 0.2) is 71.4 Å². The number of nitrogens with two attached hydrogens (primary N) is 1. The normalized spacial score (nSPS) is 15.1. The largest absolute Gasteiger partial charge is 0.481 e. The Morgan fingerprint density at radius 3 is 1.44 bits per heavy atom. The standard InChI is InChI=1S/2C16H16ClNO2S.C5H9NO4.C2HCl3O2/c2*1-20-16(19)15(12-4-2-3-5-13(12)17)18-8-6-14-11(10-18)7-9-21-14;6-3(5(9)10)1-2-4(7)8;3-2(4,5)1(6)7/h2*2-5,7,9,15H,6,8,10H2,1H3;3H,1-2,6H2,(H,7,8)(H,9,10);(H,6,7)/t2*15-;;/m00../s1. The van der Waals surface area contributed by atoms with E-state index in [2.05, 4.69) is 32.7 Å². The minimum Gasteiger partial charge on any atom is -0.481 e. The molecule has 20 heteroatoms. The molecule has 2 aromatic heterocycles. The van der Waals surface area contributed by atoms with Gasteiger partial charge in [0, 0.05) is 52.4 Å². The zero-order valence-corrected chi connectivity index (χ0v) is 37.1. The van der Waals surface area contributed by atoms with Crippen molar-refractivity contribution in [2.45, 2.75) is 60.7 Å². The summed E-state index contributed by atoms with van der Waals surface area (Å²) in [6.45, 7) is 3.17. The summed E-state index contributed by atoms with van der Waals surface area (Å²) in [6, 6.07) is 17.3. The quantitative estimate of drug-likeness (QED) is 0.0881. The molecule has 5 N–H and O–H groups in total. The molecule has 13 nitrogen and oxygen atoms in total. The molecule has 0 spiro atoms. The zero-order valence-electron chi connectivity index (χ0n) is 31.7. The van der Waals surface area contributed by atoms with Gasteiger partial charge in [-0.15, -0.1) is 22.7 Å². The maximum Gasteiger partial charge on any atom is 0.356 e. The summed E-state index contributed by atoms with van der Waals surface area (Å²) in [4.78, 5) is 61.2. The van der Waals surface area contributed by atoms with Gasteiger partial charge in [0.25, 0.3) is 3.79 Å². The lowest BCUT2D eigenvalue weighted by Gasteiger charge is -2.33. The molecule has 2 aliphatic heterocycles. The Hall–Kier alpha value is -3.48. The molecule has 0 bridgehead atoms. The van der Waals surface area contributed by atoms with Gasteiger partial charge in [0.1, 0.15) is 18.1 Å². The van der Waals surface area contributed by atoms with E-state index in [0.717, 1.165) is 50.1 Å². The van der Waals surface area contributed by atoms with E-state index in [0.29, 0.717) is 10.0 Å². The van der Waals surface area contributed by atoms with Crippen LogP contribution < -0.4 is 5.73 Å². The van der Waals surface area contributed by atoms with Crippen LogP contribution in [-0.4, -0.2) is 92.1 Å². The van der Waals surface area contributed by atoms with Crippen LogP contribution in [0.4, 0.5) is 0 Å². The number of hydrogen-bond acceptors (Lipinski definition) is 12. The van der Waals surface area contributed by atoms with Gasteiger partial charge in [0.05, 0.1) is 14.2 Å². The van der Waals surface area contributed by atoms with E-state index in [9.17, 15) is 24.0 Å². The summed E-state index contributed by atoms with van der Waals surface area (Å²) in [5, 5.41) is 29.5. The minimum absolute atomic E-state index is 0.0231. The molecule has 59 heavy (non-hydrogen) atoms. The topological polar surface area (TPSA) is 197 Å². The van der Waals surface area contributed by atoms with Crippen molar-refractivity contribution in [3.05, 3.63) is 113 Å². The molecule has 3 atom stereocenters. The van der Waals surface area contributed by atoms with E-state index in [1.807, 2.05) is 48.5 Å².